The lowest BCUT2D eigenvalue weighted by Crippen LogP contribution is -2.23. The Bertz CT molecular complexity index is 1260. The maximum Gasteiger partial charge on any atom is 0.276 e. The van der Waals surface area contributed by atoms with Gasteiger partial charge in [0, 0.05) is 5.56 Å². The first-order valence-corrected chi connectivity index (χ1v) is 9.70. The summed E-state index contributed by atoms with van der Waals surface area (Å²) >= 11 is 1.32. The lowest BCUT2D eigenvalue weighted by Gasteiger charge is -2.09. The number of benzene rings is 2. The van der Waals surface area contributed by atoms with Crippen LogP contribution in [0.5, 0.6) is 11.5 Å². The van der Waals surface area contributed by atoms with Crippen molar-refractivity contribution in [1.29, 1.82) is 0 Å². The zero-order valence-corrected chi connectivity index (χ0v) is 16.6. The predicted octanol–water partition coefficient (Wildman–Crippen LogP) is 3.08. The standard InChI is InChI=1S/C21H19N3O3S/c1-4-27-16-9-8-14(11-17(16)26-3)12-18-20(25)24-19(22-23-21(24)28-18)15-7-5-6-13(2)10-15/h5-12H,4H2,1-3H3/b18-12-. The molecule has 0 saturated carbocycles. The minimum Gasteiger partial charge on any atom is -0.493 e. The van der Waals surface area contributed by atoms with Gasteiger partial charge in [-0.25, -0.2) is 4.40 Å². The quantitative estimate of drug-likeness (QED) is 0.521. The summed E-state index contributed by atoms with van der Waals surface area (Å²) in [6, 6.07) is 13.5. The molecule has 0 bridgehead atoms. The molecule has 7 heteroatoms. The number of fused-ring (bicyclic) bond motifs is 1. The van der Waals surface area contributed by atoms with Gasteiger partial charge < -0.3 is 9.47 Å². The fraction of sp³-hybridized carbons (Fsp3) is 0.190. The third kappa shape index (κ3) is 3.25. The van der Waals surface area contributed by atoms with Crippen molar-refractivity contribution in [2.24, 2.45) is 0 Å². The highest BCUT2D eigenvalue weighted by molar-refractivity contribution is 7.15. The molecule has 0 aliphatic rings. The fourth-order valence-electron chi connectivity index (χ4n) is 3.03. The Morgan fingerprint density at radius 2 is 2.00 bits per heavy atom. The van der Waals surface area contributed by atoms with Gasteiger partial charge in [0.25, 0.3) is 5.56 Å². The van der Waals surface area contributed by atoms with Crippen LogP contribution < -0.4 is 19.6 Å². The van der Waals surface area contributed by atoms with Gasteiger partial charge in [-0.05, 0) is 43.7 Å². The second kappa shape index (κ2) is 7.44. The van der Waals surface area contributed by atoms with Gasteiger partial charge in [-0.2, -0.15) is 0 Å². The molecule has 6 nitrogen and oxygen atoms in total. The Morgan fingerprint density at radius 3 is 2.75 bits per heavy atom. The number of aryl methyl sites for hydroxylation is 1. The van der Waals surface area contributed by atoms with Gasteiger partial charge >= 0.3 is 0 Å². The van der Waals surface area contributed by atoms with Crippen LogP contribution in [0.1, 0.15) is 18.1 Å². The second-order valence-electron chi connectivity index (χ2n) is 6.27. The molecular weight excluding hydrogens is 374 g/mol. The zero-order valence-electron chi connectivity index (χ0n) is 15.8. The maximum absolute atomic E-state index is 13.0. The lowest BCUT2D eigenvalue weighted by molar-refractivity contribution is 0.311. The van der Waals surface area contributed by atoms with E-state index in [1.54, 1.807) is 11.5 Å². The van der Waals surface area contributed by atoms with E-state index < -0.39 is 0 Å². The van der Waals surface area contributed by atoms with E-state index in [1.165, 1.54) is 11.3 Å². The number of rotatable bonds is 5. The van der Waals surface area contributed by atoms with E-state index in [9.17, 15) is 4.79 Å². The van der Waals surface area contributed by atoms with Crippen molar-refractivity contribution < 1.29 is 9.47 Å². The van der Waals surface area contributed by atoms with Gasteiger partial charge in [0.1, 0.15) is 0 Å². The molecule has 0 spiro atoms. The van der Waals surface area contributed by atoms with Crippen LogP contribution in [0.15, 0.2) is 47.3 Å². The molecule has 2 heterocycles. The van der Waals surface area contributed by atoms with Crippen LogP contribution in [0, 0.1) is 6.92 Å². The zero-order chi connectivity index (χ0) is 19.7. The molecule has 0 atom stereocenters. The average molecular weight is 393 g/mol. The summed E-state index contributed by atoms with van der Waals surface area (Å²) in [5, 5.41) is 8.39. The summed E-state index contributed by atoms with van der Waals surface area (Å²) in [4.78, 5) is 13.6. The van der Waals surface area contributed by atoms with Crippen LogP contribution in [-0.2, 0) is 0 Å². The fourth-order valence-corrected chi connectivity index (χ4v) is 3.95. The third-order valence-corrected chi connectivity index (χ3v) is 5.27. The van der Waals surface area contributed by atoms with Crippen LogP contribution in [0.4, 0.5) is 0 Å². The van der Waals surface area contributed by atoms with Crippen LogP contribution in [0.3, 0.4) is 0 Å². The van der Waals surface area contributed by atoms with Gasteiger partial charge in [0.2, 0.25) is 4.96 Å². The summed E-state index contributed by atoms with van der Waals surface area (Å²) in [6.07, 6.45) is 1.83. The molecule has 0 fully saturated rings. The van der Waals surface area contributed by atoms with Gasteiger partial charge in [0.15, 0.2) is 17.3 Å². The predicted molar refractivity (Wildman–Crippen MR) is 110 cm³/mol. The van der Waals surface area contributed by atoms with E-state index in [2.05, 4.69) is 10.2 Å². The minimum absolute atomic E-state index is 0.130. The number of nitrogens with zero attached hydrogens (tertiary/aromatic N) is 3. The Kier molecular flexibility index (Phi) is 4.83. The van der Waals surface area contributed by atoms with E-state index >= 15 is 0 Å². The molecule has 0 saturated heterocycles. The SMILES string of the molecule is CCOc1ccc(/C=c2\sc3nnc(-c4cccc(C)c4)n3c2=O)cc1OC. The van der Waals surface area contributed by atoms with Gasteiger partial charge in [-0.3, -0.25) is 4.79 Å². The molecule has 4 rings (SSSR count). The van der Waals surface area contributed by atoms with Crippen molar-refractivity contribution in [3.63, 3.8) is 0 Å². The summed E-state index contributed by atoms with van der Waals surface area (Å²) in [5.41, 5.74) is 2.70. The molecule has 0 amide bonds. The Hall–Kier alpha value is -3.19. The minimum atomic E-state index is -0.130. The molecular formula is C21H19N3O3S. The van der Waals surface area contributed by atoms with Gasteiger partial charge in [0.05, 0.1) is 18.2 Å². The highest BCUT2D eigenvalue weighted by Gasteiger charge is 2.14. The summed E-state index contributed by atoms with van der Waals surface area (Å²) in [7, 11) is 1.60. The molecule has 0 aliphatic heterocycles. The number of ether oxygens (including phenoxy) is 2. The van der Waals surface area contributed by atoms with Gasteiger partial charge in [-0.15, -0.1) is 10.2 Å². The molecule has 4 aromatic rings. The van der Waals surface area contributed by atoms with E-state index in [-0.39, 0.29) is 5.56 Å². The number of methoxy groups -OCH3 is 1. The van der Waals surface area contributed by atoms with Crippen LogP contribution in [0.2, 0.25) is 0 Å². The van der Waals surface area contributed by atoms with Crippen molar-refractivity contribution in [2.45, 2.75) is 13.8 Å². The summed E-state index contributed by atoms with van der Waals surface area (Å²) < 4.78 is 13.1. The monoisotopic (exact) mass is 393 g/mol. The van der Waals surface area contributed by atoms with Crippen molar-refractivity contribution in [2.75, 3.05) is 13.7 Å². The number of aromatic nitrogens is 3. The Labute approximate surface area is 165 Å². The average Bonchev–Trinajstić information content (AvgIpc) is 3.24. The Balaban J connectivity index is 1.82. The molecule has 0 N–H and O–H groups in total. The molecule has 142 valence electrons. The first-order valence-electron chi connectivity index (χ1n) is 8.88. The van der Waals surface area contributed by atoms with Gasteiger partial charge in [-0.1, -0.05) is 41.2 Å². The highest BCUT2D eigenvalue weighted by atomic mass is 32.1. The van der Waals surface area contributed by atoms with Crippen molar-refractivity contribution >= 4 is 22.4 Å². The normalized spacial score (nSPS) is 11.9. The van der Waals surface area contributed by atoms with Crippen LogP contribution >= 0.6 is 11.3 Å². The highest BCUT2D eigenvalue weighted by Crippen LogP contribution is 2.28. The first-order chi connectivity index (χ1) is 13.6. The molecule has 2 aromatic carbocycles. The first kappa shape index (κ1) is 18.2. The maximum atomic E-state index is 13.0. The van der Waals surface area contributed by atoms with Crippen molar-refractivity contribution in [1.82, 2.24) is 14.6 Å². The van der Waals surface area contributed by atoms with E-state index in [0.29, 0.717) is 33.4 Å². The van der Waals surface area contributed by atoms with E-state index in [1.807, 2.05) is 62.4 Å². The largest absolute Gasteiger partial charge is 0.493 e. The smallest absolute Gasteiger partial charge is 0.276 e. The molecule has 28 heavy (non-hydrogen) atoms. The number of hydrogen-bond acceptors (Lipinski definition) is 6. The second-order valence-corrected chi connectivity index (χ2v) is 7.28. The van der Waals surface area contributed by atoms with Crippen molar-refractivity contribution in [3.05, 3.63) is 68.5 Å². The lowest BCUT2D eigenvalue weighted by atomic mass is 10.1. The third-order valence-electron chi connectivity index (χ3n) is 4.31. The molecule has 0 unspecified atom stereocenters. The van der Waals surface area contributed by atoms with Crippen molar-refractivity contribution in [3.8, 4) is 22.9 Å². The molecule has 0 aliphatic carbocycles. The summed E-state index contributed by atoms with van der Waals surface area (Å²) in [6.45, 7) is 4.48. The molecule has 2 aromatic heterocycles. The van der Waals surface area contributed by atoms with Crippen LogP contribution in [-0.4, -0.2) is 28.3 Å². The number of hydrogen-bond donors (Lipinski definition) is 0. The van der Waals surface area contributed by atoms with E-state index in [0.717, 1.165) is 16.7 Å². The summed E-state index contributed by atoms with van der Waals surface area (Å²) in [5.74, 6) is 1.87. The Morgan fingerprint density at radius 1 is 1.14 bits per heavy atom. The molecule has 0 radical (unpaired) electrons. The number of thiazole rings is 1. The topological polar surface area (TPSA) is 65.7 Å². The van der Waals surface area contributed by atoms with Crippen LogP contribution in [0.25, 0.3) is 22.4 Å². The van der Waals surface area contributed by atoms with E-state index in [4.69, 9.17) is 9.47 Å².